The molecule has 3 N–H and O–H groups in total. The van der Waals surface area contributed by atoms with Crippen molar-refractivity contribution >= 4 is 23.4 Å². The maximum atomic E-state index is 12.3. The molecule has 2 heterocycles. The standard InChI is InChI=1S/C20H31N5O2/c1-20(2,3)27-19(26)25-11-9-14(10-12-25)16-13-22-18(21)24-17(16)23-15-7-5-4-6-8-15/h9,13,15H,4-8,10-12H2,1-3H3,(H3,21,22,23,24). The lowest BCUT2D eigenvalue weighted by atomic mass is 9.95. The summed E-state index contributed by atoms with van der Waals surface area (Å²) in [4.78, 5) is 22.6. The molecular weight excluding hydrogens is 342 g/mol. The van der Waals surface area contributed by atoms with Gasteiger partial charge >= 0.3 is 6.09 Å². The maximum Gasteiger partial charge on any atom is 0.410 e. The van der Waals surface area contributed by atoms with Crippen molar-refractivity contribution in [2.75, 3.05) is 24.1 Å². The fourth-order valence-electron chi connectivity index (χ4n) is 3.59. The Kier molecular flexibility index (Phi) is 5.87. The van der Waals surface area contributed by atoms with Crippen molar-refractivity contribution in [3.8, 4) is 0 Å². The lowest BCUT2D eigenvalue weighted by Crippen LogP contribution is -2.39. The monoisotopic (exact) mass is 373 g/mol. The molecule has 1 fully saturated rings. The smallest absolute Gasteiger partial charge is 0.410 e. The summed E-state index contributed by atoms with van der Waals surface area (Å²) in [5.41, 5.74) is 7.48. The van der Waals surface area contributed by atoms with Gasteiger partial charge in [-0.1, -0.05) is 25.3 Å². The highest BCUT2D eigenvalue weighted by Gasteiger charge is 2.25. The zero-order chi connectivity index (χ0) is 19.4. The third kappa shape index (κ3) is 5.34. The Hall–Kier alpha value is -2.31. The van der Waals surface area contributed by atoms with E-state index in [1.165, 1.54) is 19.3 Å². The molecule has 7 nitrogen and oxygen atoms in total. The van der Waals surface area contributed by atoms with Gasteiger partial charge in [-0.3, -0.25) is 0 Å². The first kappa shape index (κ1) is 19.5. The van der Waals surface area contributed by atoms with Crippen LogP contribution in [0.2, 0.25) is 0 Å². The minimum absolute atomic E-state index is 0.271. The molecule has 27 heavy (non-hydrogen) atoms. The summed E-state index contributed by atoms with van der Waals surface area (Å²) in [5, 5.41) is 3.58. The van der Waals surface area contributed by atoms with Crippen LogP contribution in [0.15, 0.2) is 12.3 Å². The van der Waals surface area contributed by atoms with Crippen LogP contribution in [0.4, 0.5) is 16.6 Å². The molecule has 0 spiro atoms. The Morgan fingerprint density at radius 3 is 2.67 bits per heavy atom. The van der Waals surface area contributed by atoms with E-state index in [0.29, 0.717) is 19.1 Å². The number of rotatable bonds is 3. The summed E-state index contributed by atoms with van der Waals surface area (Å²) in [6, 6.07) is 0.439. The number of nitrogens with two attached hydrogens (primary N) is 1. The molecule has 148 valence electrons. The van der Waals surface area contributed by atoms with Gasteiger partial charge in [0.05, 0.1) is 0 Å². The predicted octanol–water partition coefficient (Wildman–Crippen LogP) is 3.83. The Bertz CT molecular complexity index is 705. The first-order chi connectivity index (χ1) is 12.8. The Morgan fingerprint density at radius 2 is 2.04 bits per heavy atom. The summed E-state index contributed by atoms with van der Waals surface area (Å²) in [5.74, 6) is 1.09. The lowest BCUT2D eigenvalue weighted by Gasteiger charge is -2.30. The Labute approximate surface area is 161 Å². The molecule has 0 atom stereocenters. The van der Waals surface area contributed by atoms with Gasteiger partial charge in [0.15, 0.2) is 0 Å². The van der Waals surface area contributed by atoms with Crippen LogP contribution in [0.25, 0.3) is 5.57 Å². The quantitative estimate of drug-likeness (QED) is 0.836. The number of aromatic nitrogens is 2. The van der Waals surface area contributed by atoms with Crippen molar-refractivity contribution in [1.29, 1.82) is 0 Å². The molecule has 0 aromatic carbocycles. The summed E-state index contributed by atoms with van der Waals surface area (Å²) < 4.78 is 5.46. The molecule has 3 rings (SSSR count). The van der Waals surface area contributed by atoms with Crippen molar-refractivity contribution in [1.82, 2.24) is 14.9 Å². The molecule has 1 saturated carbocycles. The lowest BCUT2D eigenvalue weighted by molar-refractivity contribution is 0.0270. The summed E-state index contributed by atoms with van der Waals surface area (Å²) in [6.07, 6.45) is 10.5. The zero-order valence-corrected chi connectivity index (χ0v) is 16.6. The van der Waals surface area contributed by atoms with Gasteiger partial charge in [0.1, 0.15) is 11.4 Å². The van der Waals surface area contributed by atoms with Gasteiger partial charge < -0.3 is 20.7 Å². The molecule has 0 unspecified atom stereocenters. The highest BCUT2D eigenvalue weighted by molar-refractivity contribution is 5.77. The van der Waals surface area contributed by atoms with E-state index < -0.39 is 5.60 Å². The molecule has 1 aliphatic heterocycles. The van der Waals surface area contributed by atoms with Crippen LogP contribution >= 0.6 is 0 Å². The second kappa shape index (κ2) is 8.15. The van der Waals surface area contributed by atoms with E-state index in [-0.39, 0.29) is 12.0 Å². The number of nitrogens with one attached hydrogen (secondary N) is 1. The molecule has 1 aromatic heterocycles. The molecule has 2 aliphatic rings. The predicted molar refractivity (Wildman–Crippen MR) is 107 cm³/mol. The Morgan fingerprint density at radius 1 is 1.30 bits per heavy atom. The summed E-state index contributed by atoms with van der Waals surface area (Å²) in [7, 11) is 0. The minimum Gasteiger partial charge on any atom is -0.444 e. The number of nitrogen functional groups attached to an aromatic ring is 1. The van der Waals surface area contributed by atoms with Gasteiger partial charge in [0.2, 0.25) is 5.95 Å². The zero-order valence-electron chi connectivity index (χ0n) is 16.6. The van der Waals surface area contributed by atoms with E-state index in [4.69, 9.17) is 10.5 Å². The van der Waals surface area contributed by atoms with Crippen LogP contribution in [0, 0.1) is 0 Å². The SMILES string of the molecule is CC(C)(C)OC(=O)N1CC=C(c2cnc(N)nc2NC2CCCCC2)CC1. The third-order valence-electron chi connectivity index (χ3n) is 4.96. The van der Waals surface area contributed by atoms with E-state index in [1.807, 2.05) is 20.8 Å². The number of hydrogen-bond donors (Lipinski definition) is 2. The number of anilines is 2. The number of carbonyl (C=O) groups excluding carboxylic acids is 1. The van der Waals surface area contributed by atoms with Crippen LogP contribution in [0.1, 0.15) is 64.9 Å². The highest BCUT2D eigenvalue weighted by atomic mass is 16.6. The Balaban J connectivity index is 1.72. The first-order valence-corrected chi connectivity index (χ1v) is 9.88. The molecule has 0 bridgehead atoms. The second-order valence-electron chi connectivity index (χ2n) is 8.38. The van der Waals surface area contributed by atoms with E-state index >= 15 is 0 Å². The number of carbonyl (C=O) groups is 1. The first-order valence-electron chi connectivity index (χ1n) is 9.88. The van der Waals surface area contributed by atoms with Crippen LogP contribution in [-0.4, -0.2) is 45.7 Å². The summed E-state index contributed by atoms with van der Waals surface area (Å²) in [6.45, 7) is 6.78. The van der Waals surface area contributed by atoms with Gasteiger partial charge in [0.25, 0.3) is 0 Å². The fraction of sp³-hybridized carbons (Fsp3) is 0.650. The van der Waals surface area contributed by atoms with Gasteiger partial charge in [-0.25, -0.2) is 9.78 Å². The maximum absolute atomic E-state index is 12.3. The van der Waals surface area contributed by atoms with Crippen LogP contribution in [-0.2, 0) is 4.74 Å². The number of amides is 1. The average molecular weight is 374 g/mol. The topological polar surface area (TPSA) is 93.4 Å². The average Bonchev–Trinajstić information content (AvgIpc) is 2.61. The molecule has 0 radical (unpaired) electrons. The molecule has 7 heteroatoms. The normalized spacial score (nSPS) is 18.8. The number of ether oxygens (including phenoxy) is 1. The molecule has 1 amide bonds. The third-order valence-corrected chi connectivity index (χ3v) is 4.96. The van der Waals surface area contributed by atoms with Gasteiger partial charge in [0, 0.05) is 30.9 Å². The van der Waals surface area contributed by atoms with Crippen molar-refractivity contribution in [3.63, 3.8) is 0 Å². The fourth-order valence-corrected chi connectivity index (χ4v) is 3.59. The highest BCUT2D eigenvalue weighted by Crippen LogP contribution is 2.30. The van der Waals surface area contributed by atoms with Crippen LogP contribution in [0.3, 0.4) is 0 Å². The summed E-state index contributed by atoms with van der Waals surface area (Å²) >= 11 is 0. The van der Waals surface area contributed by atoms with Gasteiger partial charge in [-0.05, 0) is 45.6 Å². The largest absolute Gasteiger partial charge is 0.444 e. The van der Waals surface area contributed by atoms with Crippen molar-refractivity contribution < 1.29 is 9.53 Å². The van der Waals surface area contributed by atoms with Crippen molar-refractivity contribution in [2.24, 2.45) is 0 Å². The van der Waals surface area contributed by atoms with Crippen molar-refractivity contribution in [2.45, 2.75) is 70.9 Å². The number of nitrogens with zero attached hydrogens (tertiary/aromatic N) is 3. The van der Waals surface area contributed by atoms with E-state index in [1.54, 1.807) is 11.1 Å². The van der Waals surface area contributed by atoms with Crippen LogP contribution in [0.5, 0.6) is 0 Å². The van der Waals surface area contributed by atoms with Gasteiger partial charge in [-0.2, -0.15) is 4.98 Å². The molecule has 0 saturated heterocycles. The molecule has 1 aliphatic carbocycles. The second-order valence-corrected chi connectivity index (χ2v) is 8.38. The van der Waals surface area contributed by atoms with Crippen LogP contribution < -0.4 is 11.1 Å². The van der Waals surface area contributed by atoms with E-state index in [0.717, 1.165) is 36.2 Å². The van der Waals surface area contributed by atoms with E-state index in [2.05, 4.69) is 21.4 Å². The number of hydrogen-bond acceptors (Lipinski definition) is 6. The minimum atomic E-state index is -0.483. The van der Waals surface area contributed by atoms with E-state index in [9.17, 15) is 4.79 Å². The van der Waals surface area contributed by atoms with Gasteiger partial charge in [-0.15, -0.1) is 0 Å². The molecule has 1 aromatic rings. The molecular formula is C20H31N5O2. The van der Waals surface area contributed by atoms with Crippen molar-refractivity contribution in [3.05, 3.63) is 17.8 Å².